The van der Waals surface area contributed by atoms with Gasteiger partial charge in [0, 0.05) is 37.5 Å². The number of nitrogens with one attached hydrogen (secondary N) is 1. The van der Waals surface area contributed by atoms with Gasteiger partial charge in [0.1, 0.15) is 5.82 Å². The average molecular weight is 514 g/mol. The largest absolute Gasteiger partial charge is 0.349 e. The first-order valence-corrected chi connectivity index (χ1v) is 7.76. The zero-order valence-electron chi connectivity index (χ0n) is 13.3. The minimum atomic E-state index is -2.60. The SMILES string of the molecule is CN=C(NCc1nccn1C(F)F)N(C)Cc1ccc(Br)cc1.I. The highest BCUT2D eigenvalue weighted by atomic mass is 127. The zero-order chi connectivity index (χ0) is 16.8. The first-order chi connectivity index (χ1) is 11.0. The third-order valence-corrected chi connectivity index (χ3v) is 3.80. The van der Waals surface area contributed by atoms with Gasteiger partial charge >= 0.3 is 6.55 Å². The van der Waals surface area contributed by atoms with E-state index in [4.69, 9.17) is 0 Å². The second kappa shape index (κ2) is 9.92. The van der Waals surface area contributed by atoms with Gasteiger partial charge in [-0.3, -0.25) is 9.56 Å². The Balaban J connectivity index is 0.00000288. The van der Waals surface area contributed by atoms with Crippen LogP contribution in [0, 0.1) is 0 Å². The van der Waals surface area contributed by atoms with Crippen molar-refractivity contribution in [2.24, 2.45) is 4.99 Å². The third-order valence-electron chi connectivity index (χ3n) is 3.27. The molecule has 0 aliphatic carbocycles. The molecule has 9 heteroatoms. The van der Waals surface area contributed by atoms with E-state index in [1.165, 1.54) is 12.4 Å². The molecule has 0 unspecified atom stereocenters. The van der Waals surface area contributed by atoms with Crippen molar-refractivity contribution in [1.29, 1.82) is 0 Å². The lowest BCUT2D eigenvalue weighted by molar-refractivity contribution is 0.0668. The summed E-state index contributed by atoms with van der Waals surface area (Å²) in [6, 6.07) is 7.96. The van der Waals surface area contributed by atoms with E-state index in [1.807, 2.05) is 36.2 Å². The zero-order valence-corrected chi connectivity index (χ0v) is 17.2. The molecule has 0 saturated carbocycles. The van der Waals surface area contributed by atoms with Crippen LogP contribution in [0.4, 0.5) is 8.78 Å². The Kier molecular flexibility index (Phi) is 8.60. The first kappa shape index (κ1) is 20.8. The molecule has 2 rings (SSSR count). The van der Waals surface area contributed by atoms with Gasteiger partial charge in [-0.05, 0) is 17.7 Å². The number of guanidine groups is 1. The summed E-state index contributed by atoms with van der Waals surface area (Å²) in [5.74, 6) is 0.870. The van der Waals surface area contributed by atoms with Crippen molar-refractivity contribution in [1.82, 2.24) is 19.8 Å². The van der Waals surface area contributed by atoms with Crippen LogP contribution < -0.4 is 5.32 Å². The molecule has 1 heterocycles. The van der Waals surface area contributed by atoms with Gasteiger partial charge in [0.2, 0.25) is 0 Å². The van der Waals surface area contributed by atoms with Crippen LogP contribution in [0.3, 0.4) is 0 Å². The smallest absolute Gasteiger partial charge is 0.319 e. The van der Waals surface area contributed by atoms with E-state index in [9.17, 15) is 8.78 Å². The minimum Gasteiger partial charge on any atom is -0.349 e. The van der Waals surface area contributed by atoms with E-state index in [0.717, 1.165) is 14.6 Å². The van der Waals surface area contributed by atoms with Gasteiger partial charge in [0.25, 0.3) is 0 Å². The Hall–Kier alpha value is -1.23. The lowest BCUT2D eigenvalue weighted by atomic mass is 10.2. The normalized spacial score (nSPS) is 11.3. The lowest BCUT2D eigenvalue weighted by Crippen LogP contribution is -2.38. The highest BCUT2D eigenvalue weighted by molar-refractivity contribution is 14.0. The Morgan fingerprint density at radius 2 is 2.04 bits per heavy atom. The second-order valence-corrected chi connectivity index (χ2v) is 5.83. The number of benzene rings is 1. The van der Waals surface area contributed by atoms with Crippen LogP contribution in [-0.2, 0) is 13.1 Å². The van der Waals surface area contributed by atoms with E-state index in [-0.39, 0.29) is 36.3 Å². The predicted octanol–water partition coefficient (Wildman–Crippen LogP) is 3.87. The molecule has 0 spiro atoms. The van der Waals surface area contributed by atoms with Crippen molar-refractivity contribution < 1.29 is 8.78 Å². The summed E-state index contributed by atoms with van der Waals surface area (Å²) in [7, 11) is 3.54. The number of imidazole rings is 1. The molecule has 0 aliphatic rings. The van der Waals surface area contributed by atoms with E-state index < -0.39 is 6.55 Å². The molecule has 0 aliphatic heterocycles. The van der Waals surface area contributed by atoms with E-state index >= 15 is 0 Å². The Bertz CT molecular complexity index is 660. The van der Waals surface area contributed by atoms with Gasteiger partial charge in [0.15, 0.2) is 5.96 Å². The molecule has 0 atom stereocenters. The molecule has 5 nitrogen and oxygen atoms in total. The van der Waals surface area contributed by atoms with Crippen molar-refractivity contribution in [3.63, 3.8) is 0 Å². The molecule has 0 bridgehead atoms. The summed E-state index contributed by atoms with van der Waals surface area (Å²) in [5, 5.41) is 3.05. The van der Waals surface area contributed by atoms with Crippen LogP contribution in [0.5, 0.6) is 0 Å². The summed E-state index contributed by atoms with van der Waals surface area (Å²) >= 11 is 3.40. The Labute approximate surface area is 165 Å². The number of hydrogen-bond donors (Lipinski definition) is 1. The summed E-state index contributed by atoms with van der Waals surface area (Å²) in [5.41, 5.74) is 1.12. The third kappa shape index (κ3) is 5.69. The Morgan fingerprint density at radius 3 is 2.62 bits per heavy atom. The number of nitrogens with zero attached hydrogens (tertiary/aromatic N) is 4. The van der Waals surface area contributed by atoms with Gasteiger partial charge in [-0.15, -0.1) is 24.0 Å². The fourth-order valence-corrected chi connectivity index (χ4v) is 2.40. The van der Waals surface area contributed by atoms with Crippen LogP contribution in [0.25, 0.3) is 0 Å². The number of hydrogen-bond acceptors (Lipinski definition) is 2. The number of aromatic nitrogens is 2. The maximum Gasteiger partial charge on any atom is 0.319 e. The molecule has 0 radical (unpaired) electrons. The van der Waals surface area contributed by atoms with Crippen LogP contribution in [0.1, 0.15) is 17.9 Å². The summed E-state index contributed by atoms with van der Waals surface area (Å²) in [6.07, 6.45) is 2.62. The Morgan fingerprint density at radius 1 is 1.38 bits per heavy atom. The highest BCUT2D eigenvalue weighted by Gasteiger charge is 2.13. The maximum absolute atomic E-state index is 12.8. The number of rotatable bonds is 5. The molecule has 1 aromatic heterocycles. The quantitative estimate of drug-likeness (QED) is 0.375. The maximum atomic E-state index is 12.8. The summed E-state index contributed by atoms with van der Waals surface area (Å²) in [6.45, 7) is -1.78. The fourth-order valence-electron chi connectivity index (χ4n) is 2.14. The van der Waals surface area contributed by atoms with Crippen molar-refractivity contribution in [2.45, 2.75) is 19.6 Å². The van der Waals surface area contributed by atoms with E-state index in [2.05, 4.69) is 31.2 Å². The van der Waals surface area contributed by atoms with Gasteiger partial charge in [0.05, 0.1) is 6.54 Å². The number of alkyl halides is 2. The van der Waals surface area contributed by atoms with Crippen LogP contribution >= 0.6 is 39.9 Å². The van der Waals surface area contributed by atoms with Gasteiger partial charge < -0.3 is 10.2 Å². The molecule has 24 heavy (non-hydrogen) atoms. The molecule has 1 N–H and O–H groups in total. The summed E-state index contributed by atoms with van der Waals surface area (Å²) in [4.78, 5) is 10.0. The topological polar surface area (TPSA) is 45.5 Å². The molecular weight excluding hydrogens is 495 g/mol. The van der Waals surface area contributed by atoms with Crippen LogP contribution in [0.2, 0.25) is 0 Å². The second-order valence-electron chi connectivity index (χ2n) is 4.91. The molecule has 0 fully saturated rings. The van der Waals surface area contributed by atoms with Crippen LogP contribution in [0.15, 0.2) is 46.1 Å². The summed E-state index contributed by atoms with van der Waals surface area (Å²) < 4.78 is 27.4. The monoisotopic (exact) mass is 513 g/mol. The van der Waals surface area contributed by atoms with E-state index in [0.29, 0.717) is 12.5 Å². The van der Waals surface area contributed by atoms with E-state index in [1.54, 1.807) is 7.05 Å². The fraction of sp³-hybridized carbons (Fsp3) is 0.333. The van der Waals surface area contributed by atoms with Gasteiger partial charge in [-0.25, -0.2) is 4.98 Å². The molecule has 2 aromatic rings. The first-order valence-electron chi connectivity index (χ1n) is 6.97. The molecular formula is C15H19BrF2IN5. The van der Waals surface area contributed by atoms with Crippen LogP contribution in [-0.4, -0.2) is 34.5 Å². The van der Waals surface area contributed by atoms with Crippen molar-refractivity contribution >= 4 is 45.9 Å². The van der Waals surface area contributed by atoms with Gasteiger partial charge in [-0.2, -0.15) is 8.78 Å². The average Bonchev–Trinajstić information content (AvgIpc) is 2.99. The molecule has 1 aromatic carbocycles. The standard InChI is InChI=1S/C15H18BrF2N5.HI/c1-19-15(21-9-13-20-7-8-23(13)14(17)18)22(2)10-11-3-5-12(16)6-4-11;/h3-8,14H,9-10H2,1-2H3,(H,19,21);1H. The predicted molar refractivity (Wildman–Crippen MR) is 105 cm³/mol. The minimum absolute atomic E-state index is 0. The van der Waals surface area contributed by atoms with Crippen molar-refractivity contribution in [3.8, 4) is 0 Å². The molecule has 0 amide bonds. The number of aliphatic imine (C=N–C) groups is 1. The van der Waals surface area contributed by atoms with Gasteiger partial charge in [-0.1, -0.05) is 28.1 Å². The lowest BCUT2D eigenvalue weighted by Gasteiger charge is -2.22. The molecule has 132 valence electrons. The van der Waals surface area contributed by atoms with Crippen molar-refractivity contribution in [2.75, 3.05) is 14.1 Å². The molecule has 0 saturated heterocycles. The van der Waals surface area contributed by atoms with Crippen molar-refractivity contribution in [3.05, 3.63) is 52.5 Å². The number of halogens is 4. The highest BCUT2D eigenvalue weighted by Crippen LogP contribution is 2.13.